The van der Waals surface area contributed by atoms with Crippen molar-refractivity contribution in [3.8, 4) is 5.75 Å². The highest BCUT2D eigenvalue weighted by Crippen LogP contribution is 2.35. The molecule has 192 valence electrons. The minimum Gasteiger partial charge on any atom is -0.508 e. The summed E-state index contributed by atoms with van der Waals surface area (Å²) in [6, 6.07) is 15.0. The zero-order chi connectivity index (χ0) is 25.8. The highest BCUT2D eigenvalue weighted by Gasteiger charge is 2.37. The summed E-state index contributed by atoms with van der Waals surface area (Å²) in [7, 11) is 1.36. The molecule has 7 nitrogen and oxygen atoms in total. The van der Waals surface area contributed by atoms with Gasteiger partial charge in [-0.2, -0.15) is 0 Å². The molecule has 1 amide bonds. The lowest BCUT2D eigenvalue weighted by Gasteiger charge is -2.47. The zero-order valence-corrected chi connectivity index (χ0v) is 21.5. The number of benzene rings is 2. The van der Waals surface area contributed by atoms with Gasteiger partial charge in [0.15, 0.2) is 0 Å². The first-order valence-electron chi connectivity index (χ1n) is 12.7. The number of esters is 1. The average molecular weight is 492 g/mol. The lowest BCUT2D eigenvalue weighted by Crippen LogP contribution is -2.57. The van der Waals surface area contributed by atoms with Crippen molar-refractivity contribution in [1.82, 2.24) is 14.7 Å². The molecule has 2 fully saturated rings. The van der Waals surface area contributed by atoms with E-state index < -0.39 is 6.04 Å². The fourth-order valence-corrected chi connectivity index (χ4v) is 5.67. The second kappa shape index (κ2) is 11.3. The van der Waals surface area contributed by atoms with E-state index in [1.807, 2.05) is 42.5 Å². The molecule has 2 aliphatic rings. The first-order chi connectivity index (χ1) is 17.3. The zero-order valence-electron chi connectivity index (χ0n) is 21.5. The molecule has 0 saturated carbocycles. The van der Waals surface area contributed by atoms with Gasteiger partial charge in [0, 0.05) is 43.8 Å². The van der Waals surface area contributed by atoms with Crippen molar-refractivity contribution >= 4 is 11.9 Å². The van der Waals surface area contributed by atoms with Crippen molar-refractivity contribution in [2.24, 2.45) is 0 Å². The standard InChI is InChI=1S/C29H37N3O4/c1-5-14-30-18-21(3)32(19-20(30)2)27(23-10-7-12-25(33)17-23)22-9-6-11-24(16-22)28(34)31-15-8-13-26(31)29(35)36-4/h5-7,9-12,16-17,20-21,26-27,33H,1,8,13-15,18-19H2,2-4H3/t20-,21+,26+,27-/m1/s1. The SMILES string of the molecule is C=CCN1C[C@H](C)N([C@@H](c2cccc(O)c2)c2cccc(C(=O)N3CCC[C@H]3C(=O)OC)c2)C[C@H]1C. The van der Waals surface area contributed by atoms with Gasteiger partial charge in [-0.25, -0.2) is 4.79 Å². The summed E-state index contributed by atoms with van der Waals surface area (Å²) < 4.78 is 4.94. The minimum atomic E-state index is -0.535. The summed E-state index contributed by atoms with van der Waals surface area (Å²) in [6.45, 7) is 11.5. The van der Waals surface area contributed by atoms with Crippen LogP contribution in [-0.2, 0) is 9.53 Å². The van der Waals surface area contributed by atoms with Crippen LogP contribution in [-0.4, -0.2) is 83.1 Å². The van der Waals surface area contributed by atoms with Crippen LogP contribution in [0, 0.1) is 0 Å². The van der Waals surface area contributed by atoms with Gasteiger partial charge in [0.25, 0.3) is 5.91 Å². The molecule has 2 aromatic rings. The normalized spacial score (nSPS) is 23.9. The van der Waals surface area contributed by atoms with E-state index in [1.165, 1.54) is 7.11 Å². The van der Waals surface area contributed by atoms with Gasteiger partial charge in [0.1, 0.15) is 11.8 Å². The number of phenols is 1. The van der Waals surface area contributed by atoms with E-state index in [2.05, 4.69) is 30.2 Å². The molecular formula is C29H37N3O4. The van der Waals surface area contributed by atoms with Crippen LogP contribution in [0.1, 0.15) is 54.2 Å². The Balaban J connectivity index is 1.69. The Kier molecular flexibility index (Phi) is 8.11. The molecule has 0 spiro atoms. The van der Waals surface area contributed by atoms with Gasteiger partial charge in [-0.15, -0.1) is 6.58 Å². The Morgan fingerprint density at radius 1 is 1.11 bits per heavy atom. The number of hydrogen-bond donors (Lipinski definition) is 1. The lowest BCUT2D eigenvalue weighted by molar-refractivity contribution is -0.145. The molecule has 2 saturated heterocycles. The van der Waals surface area contributed by atoms with E-state index in [4.69, 9.17) is 4.74 Å². The number of methoxy groups -OCH3 is 1. The number of carbonyl (C=O) groups excluding carboxylic acids is 2. The highest BCUT2D eigenvalue weighted by atomic mass is 16.5. The van der Waals surface area contributed by atoms with Crippen molar-refractivity contribution in [1.29, 1.82) is 0 Å². The third-order valence-corrected chi connectivity index (χ3v) is 7.48. The summed E-state index contributed by atoms with van der Waals surface area (Å²) in [6.07, 6.45) is 3.34. The van der Waals surface area contributed by atoms with Gasteiger partial charge in [0.05, 0.1) is 13.2 Å². The van der Waals surface area contributed by atoms with E-state index in [9.17, 15) is 14.7 Å². The maximum absolute atomic E-state index is 13.5. The summed E-state index contributed by atoms with van der Waals surface area (Å²) in [5.41, 5.74) is 2.51. The number of nitrogens with zero attached hydrogens (tertiary/aromatic N) is 3. The number of hydrogen-bond acceptors (Lipinski definition) is 6. The largest absolute Gasteiger partial charge is 0.508 e. The number of likely N-dealkylation sites (tertiary alicyclic amines) is 1. The first kappa shape index (κ1) is 25.9. The molecule has 1 N–H and O–H groups in total. The van der Waals surface area contributed by atoms with E-state index in [0.717, 1.165) is 37.2 Å². The van der Waals surface area contributed by atoms with Crippen molar-refractivity contribution in [2.75, 3.05) is 33.3 Å². The van der Waals surface area contributed by atoms with Crippen LogP contribution >= 0.6 is 0 Å². The fraction of sp³-hybridized carbons (Fsp3) is 0.448. The molecule has 2 heterocycles. The van der Waals surface area contributed by atoms with Crippen LogP contribution in [0.3, 0.4) is 0 Å². The Morgan fingerprint density at radius 2 is 1.83 bits per heavy atom. The molecule has 0 aliphatic carbocycles. The molecule has 0 aromatic heterocycles. The fourth-order valence-electron chi connectivity index (χ4n) is 5.67. The molecule has 4 atom stereocenters. The van der Waals surface area contributed by atoms with E-state index in [1.54, 1.807) is 17.0 Å². The van der Waals surface area contributed by atoms with Gasteiger partial charge in [0.2, 0.25) is 0 Å². The summed E-state index contributed by atoms with van der Waals surface area (Å²) in [5, 5.41) is 10.3. The van der Waals surface area contributed by atoms with Gasteiger partial charge in [-0.3, -0.25) is 14.6 Å². The molecule has 7 heteroatoms. The Labute approximate surface area is 214 Å². The predicted octanol–water partition coefficient (Wildman–Crippen LogP) is 3.84. The van der Waals surface area contributed by atoms with E-state index >= 15 is 0 Å². The van der Waals surface area contributed by atoms with Crippen molar-refractivity contribution < 1.29 is 19.4 Å². The van der Waals surface area contributed by atoms with Crippen LogP contribution < -0.4 is 0 Å². The maximum Gasteiger partial charge on any atom is 0.328 e. The van der Waals surface area contributed by atoms with E-state index in [-0.39, 0.29) is 29.7 Å². The first-order valence-corrected chi connectivity index (χ1v) is 12.7. The number of carbonyl (C=O) groups is 2. The summed E-state index contributed by atoms with van der Waals surface area (Å²) in [4.78, 5) is 32.3. The van der Waals surface area contributed by atoms with Crippen LogP contribution in [0.4, 0.5) is 0 Å². The van der Waals surface area contributed by atoms with Crippen LogP contribution in [0.5, 0.6) is 5.75 Å². The summed E-state index contributed by atoms with van der Waals surface area (Å²) >= 11 is 0. The van der Waals surface area contributed by atoms with Gasteiger partial charge < -0.3 is 14.7 Å². The van der Waals surface area contributed by atoms with E-state index in [0.29, 0.717) is 24.6 Å². The highest BCUT2D eigenvalue weighted by molar-refractivity contribution is 5.97. The maximum atomic E-state index is 13.5. The van der Waals surface area contributed by atoms with Crippen molar-refractivity contribution in [2.45, 2.75) is 50.9 Å². The van der Waals surface area contributed by atoms with Gasteiger partial charge in [-0.05, 0) is 62.1 Å². The lowest BCUT2D eigenvalue weighted by atomic mass is 9.92. The number of piperazine rings is 1. The average Bonchev–Trinajstić information content (AvgIpc) is 3.36. The Bertz CT molecular complexity index is 1100. The number of amides is 1. The molecule has 0 bridgehead atoms. The van der Waals surface area contributed by atoms with Crippen molar-refractivity contribution in [3.63, 3.8) is 0 Å². The topological polar surface area (TPSA) is 73.3 Å². The second-order valence-electron chi connectivity index (χ2n) is 9.94. The monoisotopic (exact) mass is 491 g/mol. The van der Waals surface area contributed by atoms with Crippen LogP contribution in [0.15, 0.2) is 61.2 Å². The molecule has 2 aromatic carbocycles. The third-order valence-electron chi connectivity index (χ3n) is 7.48. The molecule has 0 unspecified atom stereocenters. The smallest absolute Gasteiger partial charge is 0.328 e. The third kappa shape index (κ3) is 5.32. The van der Waals surface area contributed by atoms with Gasteiger partial charge in [-0.1, -0.05) is 30.3 Å². The Hall–Kier alpha value is -3.16. The minimum absolute atomic E-state index is 0.136. The number of phenolic OH excluding ortho intramolecular Hbond substituents is 1. The van der Waals surface area contributed by atoms with Crippen LogP contribution in [0.2, 0.25) is 0 Å². The Morgan fingerprint density at radius 3 is 2.53 bits per heavy atom. The molecule has 36 heavy (non-hydrogen) atoms. The molecule has 4 rings (SSSR count). The quantitative estimate of drug-likeness (QED) is 0.469. The predicted molar refractivity (Wildman–Crippen MR) is 140 cm³/mol. The molecule has 0 radical (unpaired) electrons. The van der Waals surface area contributed by atoms with Crippen molar-refractivity contribution in [3.05, 3.63) is 77.9 Å². The second-order valence-corrected chi connectivity index (χ2v) is 9.94. The number of ether oxygens (including phenoxy) is 1. The molecular weight excluding hydrogens is 454 g/mol. The van der Waals surface area contributed by atoms with Gasteiger partial charge >= 0.3 is 5.97 Å². The number of rotatable bonds is 7. The van der Waals surface area contributed by atoms with Crippen LogP contribution in [0.25, 0.3) is 0 Å². The number of aromatic hydroxyl groups is 1. The summed E-state index contributed by atoms with van der Waals surface area (Å²) in [5.74, 6) is -0.305. The molecule has 2 aliphatic heterocycles.